The van der Waals surface area contributed by atoms with Gasteiger partial charge in [0.2, 0.25) is 0 Å². The van der Waals surface area contributed by atoms with E-state index in [0.29, 0.717) is 80.3 Å². The Kier molecular flexibility index (Phi) is 11.8. The molecule has 2 aromatic heterocycles. The number of hydrogen-bond donors (Lipinski definition) is 3. The molecule has 3 N–H and O–H groups in total. The topological polar surface area (TPSA) is 175 Å². The van der Waals surface area contributed by atoms with E-state index >= 15 is 0 Å². The van der Waals surface area contributed by atoms with Gasteiger partial charge in [-0.2, -0.15) is 0 Å². The number of rotatable bonds is 13. The number of carbonyl (C=O) groups is 1. The molecule has 3 aliphatic rings. The lowest BCUT2D eigenvalue weighted by molar-refractivity contribution is -0.384. The number of aromatic amines is 1. The van der Waals surface area contributed by atoms with Crippen molar-refractivity contribution in [2.75, 3.05) is 74.1 Å². The smallest absolute Gasteiger partial charge is 0.293 e. The molecule has 0 spiro atoms. The summed E-state index contributed by atoms with van der Waals surface area (Å²) in [5, 5.41) is 16.4. The van der Waals surface area contributed by atoms with E-state index in [1.807, 2.05) is 0 Å². The van der Waals surface area contributed by atoms with Gasteiger partial charge in [0.05, 0.1) is 28.1 Å². The Morgan fingerprint density at radius 2 is 1.77 bits per heavy atom. The normalized spacial score (nSPS) is 18.8. The first-order valence-electron chi connectivity index (χ1n) is 19.6. The van der Waals surface area contributed by atoms with Crippen LogP contribution in [0.3, 0.4) is 0 Å². The maximum atomic E-state index is 14.7. The van der Waals surface area contributed by atoms with Crippen LogP contribution in [0, 0.1) is 16.0 Å². The zero-order valence-electron chi connectivity index (χ0n) is 32.4. The molecular weight excluding hydrogens is 822 g/mol. The highest BCUT2D eigenvalue weighted by Crippen LogP contribution is 2.37. The maximum Gasteiger partial charge on any atom is 0.293 e. The molecule has 3 saturated heterocycles. The van der Waals surface area contributed by atoms with Gasteiger partial charge < -0.3 is 29.6 Å². The van der Waals surface area contributed by atoms with E-state index in [1.54, 1.807) is 59.6 Å². The monoisotopic (exact) mass is 864 g/mol. The van der Waals surface area contributed by atoms with Crippen molar-refractivity contribution in [3.05, 3.63) is 106 Å². The summed E-state index contributed by atoms with van der Waals surface area (Å²) in [7, 11) is -4.60. The molecule has 0 aliphatic carbocycles. The molecule has 1 amide bonds. The lowest BCUT2D eigenvalue weighted by Gasteiger charge is -2.38. The first-order valence-corrected chi connectivity index (χ1v) is 21.5. The number of hydrogen-bond acceptors (Lipinski definition) is 12. The maximum absolute atomic E-state index is 14.7. The SMILES string of the molecule is O=C(NS(=O)(=O)c1ccc(NCC2CCOCC2)c([N+](=O)[O-])c1)c1ccc(N2CCN(C[C@@H]3CC(F)(F)CN3c3ccc(Cl)cc3)CC2)cc1Oc1cnc2[nH]ccc2c1. The number of carbonyl (C=O) groups excluding carboxylic acids is 1. The summed E-state index contributed by atoms with van der Waals surface area (Å²) in [4.78, 5) is 38.1. The molecule has 3 aromatic carbocycles. The fourth-order valence-corrected chi connectivity index (χ4v) is 9.10. The number of nitrogens with zero attached hydrogens (tertiary/aromatic N) is 5. The van der Waals surface area contributed by atoms with Crippen molar-refractivity contribution < 1.29 is 36.4 Å². The Morgan fingerprint density at radius 3 is 2.52 bits per heavy atom. The summed E-state index contributed by atoms with van der Waals surface area (Å²) in [6, 6.07) is 18.3. The molecule has 0 saturated carbocycles. The number of amides is 1. The average molecular weight is 865 g/mol. The molecule has 0 unspecified atom stereocenters. The third-order valence-corrected chi connectivity index (χ3v) is 12.8. The number of benzene rings is 3. The lowest BCUT2D eigenvalue weighted by Crippen LogP contribution is -2.50. The molecule has 5 heterocycles. The molecule has 3 fully saturated rings. The number of H-pyrrole nitrogens is 1. The second-order valence-corrected chi connectivity index (χ2v) is 17.4. The van der Waals surface area contributed by atoms with E-state index in [-0.39, 0.29) is 35.9 Å². The largest absolute Gasteiger partial charge is 0.455 e. The highest BCUT2D eigenvalue weighted by atomic mass is 35.5. The van der Waals surface area contributed by atoms with Gasteiger partial charge >= 0.3 is 0 Å². The van der Waals surface area contributed by atoms with Crippen LogP contribution in [0.1, 0.15) is 29.6 Å². The number of pyridine rings is 1. The van der Waals surface area contributed by atoms with E-state index in [0.717, 1.165) is 24.3 Å². The summed E-state index contributed by atoms with van der Waals surface area (Å²) in [5.74, 6) is -3.24. The fraction of sp³-hybridized carbons (Fsp3) is 0.366. The van der Waals surface area contributed by atoms with E-state index < -0.39 is 43.4 Å². The van der Waals surface area contributed by atoms with E-state index in [1.165, 1.54) is 24.4 Å². The number of alkyl halides is 2. The number of halogens is 3. The second-order valence-electron chi connectivity index (χ2n) is 15.3. The summed E-state index contributed by atoms with van der Waals surface area (Å²) in [6.07, 6.45) is 4.54. The first kappa shape index (κ1) is 41.2. The van der Waals surface area contributed by atoms with Gasteiger partial charge in [0.1, 0.15) is 22.8 Å². The summed E-state index contributed by atoms with van der Waals surface area (Å²) < 4.78 is 70.3. The second kappa shape index (κ2) is 17.2. The number of fused-ring (bicyclic) bond motifs is 1. The molecule has 1 atom stereocenters. The number of nitrogens with one attached hydrogen (secondary N) is 3. The predicted octanol–water partition coefficient (Wildman–Crippen LogP) is 6.91. The molecular formula is C41H43ClF2N8O7S. The number of nitro groups is 1. The van der Waals surface area contributed by atoms with Crippen LogP contribution in [-0.2, 0) is 14.8 Å². The van der Waals surface area contributed by atoms with E-state index in [4.69, 9.17) is 21.1 Å². The molecule has 0 bridgehead atoms. The van der Waals surface area contributed by atoms with Crippen molar-refractivity contribution in [2.45, 2.75) is 36.1 Å². The Balaban J connectivity index is 0.989. The Morgan fingerprint density at radius 1 is 1.02 bits per heavy atom. The number of nitro benzene ring substituents is 1. The van der Waals surface area contributed by atoms with Gasteiger partial charge in [0.25, 0.3) is 27.5 Å². The van der Waals surface area contributed by atoms with Gasteiger partial charge in [-0.1, -0.05) is 11.6 Å². The van der Waals surface area contributed by atoms with E-state index in [9.17, 15) is 32.1 Å². The Hall–Kier alpha value is -5.56. The molecule has 15 nitrogen and oxygen atoms in total. The van der Waals surface area contributed by atoms with Crippen LogP contribution in [0.25, 0.3) is 11.0 Å². The highest BCUT2D eigenvalue weighted by molar-refractivity contribution is 7.90. The van der Waals surface area contributed by atoms with Crippen LogP contribution in [0.4, 0.5) is 31.5 Å². The number of aromatic nitrogens is 2. The molecule has 5 aromatic rings. The van der Waals surface area contributed by atoms with Crippen LogP contribution >= 0.6 is 11.6 Å². The van der Waals surface area contributed by atoms with Crippen molar-refractivity contribution in [2.24, 2.45) is 5.92 Å². The number of ether oxygens (including phenoxy) is 2. The standard InChI is InChI=1S/C41H43ClF2N8O7S/c42-29-1-3-30(4-2-29)51-26-41(43,44)22-32(51)25-49-13-15-50(16-14-49)31-5-7-35(38(20-31)59-33-19-28-9-12-45-39(28)47-24-33)40(53)48-60(56,57)34-6-8-36(37(21-34)52(54)55)46-23-27-10-17-58-18-11-27/h1-9,12,19-21,24,27,32,46H,10-11,13-18,22-23,25-26H2,(H,45,47)(H,48,53)/t32-/m0/s1. The number of sulfonamides is 1. The molecule has 19 heteroatoms. The zero-order chi connectivity index (χ0) is 42.0. The van der Waals surface area contributed by atoms with Gasteiger partial charge in [0.15, 0.2) is 0 Å². The minimum atomic E-state index is -4.60. The van der Waals surface area contributed by atoms with Gasteiger partial charge in [-0.3, -0.25) is 19.8 Å². The summed E-state index contributed by atoms with van der Waals surface area (Å²) in [5.41, 5.74) is 1.62. The van der Waals surface area contributed by atoms with Crippen LogP contribution < -0.4 is 24.6 Å². The number of anilines is 3. The van der Waals surface area contributed by atoms with Crippen molar-refractivity contribution in [3.63, 3.8) is 0 Å². The molecule has 316 valence electrons. The molecule has 8 rings (SSSR count). The van der Waals surface area contributed by atoms with Gasteiger partial charge in [0, 0.05) is 105 Å². The summed E-state index contributed by atoms with van der Waals surface area (Å²) >= 11 is 6.06. The van der Waals surface area contributed by atoms with Crippen LogP contribution in [0.15, 0.2) is 90.1 Å². The lowest BCUT2D eigenvalue weighted by atomic mass is 10.0. The van der Waals surface area contributed by atoms with Crippen LogP contribution in [0.2, 0.25) is 5.02 Å². The highest BCUT2D eigenvalue weighted by Gasteiger charge is 2.45. The molecule has 60 heavy (non-hydrogen) atoms. The zero-order valence-corrected chi connectivity index (χ0v) is 33.9. The minimum Gasteiger partial charge on any atom is -0.455 e. The summed E-state index contributed by atoms with van der Waals surface area (Å²) in [6.45, 7) is 4.00. The quantitative estimate of drug-likeness (QED) is 0.0826. The van der Waals surface area contributed by atoms with Crippen molar-refractivity contribution in [1.82, 2.24) is 19.6 Å². The number of piperazine rings is 1. The third kappa shape index (κ3) is 9.41. The molecule has 3 aliphatic heterocycles. The van der Waals surface area contributed by atoms with Crippen molar-refractivity contribution >= 4 is 61.3 Å². The average Bonchev–Trinajstić information content (AvgIpc) is 3.83. The van der Waals surface area contributed by atoms with Crippen molar-refractivity contribution in [1.29, 1.82) is 0 Å². The minimum absolute atomic E-state index is 0.0461. The van der Waals surface area contributed by atoms with Crippen molar-refractivity contribution in [3.8, 4) is 11.5 Å². The third-order valence-electron chi connectivity index (χ3n) is 11.2. The predicted molar refractivity (Wildman–Crippen MR) is 223 cm³/mol. The fourth-order valence-electron chi connectivity index (χ4n) is 7.98. The van der Waals surface area contributed by atoms with Gasteiger partial charge in [-0.25, -0.2) is 26.9 Å². The van der Waals surface area contributed by atoms with Gasteiger partial charge in [-0.15, -0.1) is 0 Å². The van der Waals surface area contributed by atoms with E-state index in [2.05, 4.69) is 29.8 Å². The Labute approximate surface area is 349 Å². The Bertz CT molecular complexity index is 2480. The molecule has 0 radical (unpaired) electrons. The van der Waals surface area contributed by atoms with Gasteiger partial charge in [-0.05, 0) is 79.4 Å². The first-order chi connectivity index (χ1) is 28.8. The van der Waals surface area contributed by atoms with Crippen LogP contribution in [0.5, 0.6) is 11.5 Å². The van der Waals surface area contributed by atoms with Crippen LogP contribution in [-0.4, -0.2) is 105 Å².